The number of hydrogen-bond acceptors (Lipinski definition) is 7. The molecule has 5 heterocycles. The Morgan fingerprint density at radius 2 is 1.82 bits per heavy atom. The molecule has 0 bridgehead atoms. The minimum Gasteiger partial charge on any atom is -0.456 e. The summed E-state index contributed by atoms with van der Waals surface area (Å²) in [6.45, 7) is 9.58. The summed E-state index contributed by atoms with van der Waals surface area (Å²) in [7, 11) is 0. The van der Waals surface area contributed by atoms with Gasteiger partial charge < -0.3 is 19.4 Å². The highest BCUT2D eigenvalue weighted by Crippen LogP contribution is 2.40. The number of nitrogens with one attached hydrogen (secondary N) is 2. The molecule has 0 saturated carbocycles. The topological polar surface area (TPSA) is 84.8 Å². The molecule has 0 spiro atoms. The van der Waals surface area contributed by atoms with Crippen molar-refractivity contribution in [1.29, 1.82) is 0 Å². The van der Waals surface area contributed by atoms with Crippen LogP contribution in [0.4, 0.5) is 9.80 Å². The number of ether oxygens (including phenoxy) is 2. The summed E-state index contributed by atoms with van der Waals surface area (Å²) in [5.74, 6) is -0.361. The van der Waals surface area contributed by atoms with E-state index < -0.39 is 5.60 Å². The Hall–Kier alpha value is -2.66. The van der Waals surface area contributed by atoms with Crippen LogP contribution < -0.4 is 10.6 Å². The van der Waals surface area contributed by atoms with Gasteiger partial charge in [-0.05, 0) is 76.1 Å². The number of rotatable bonds is 6. The summed E-state index contributed by atoms with van der Waals surface area (Å²) in [6.07, 6.45) is 9.00. The first-order valence-electron chi connectivity index (χ1n) is 13.8. The molecule has 6 rings (SSSR count). The number of urea groups is 1. The van der Waals surface area contributed by atoms with E-state index in [1.165, 1.54) is 32.2 Å². The van der Waals surface area contributed by atoms with Crippen LogP contribution in [0.25, 0.3) is 5.00 Å². The van der Waals surface area contributed by atoms with Gasteiger partial charge in [-0.2, -0.15) is 0 Å². The molecule has 0 radical (unpaired) electrons. The van der Waals surface area contributed by atoms with E-state index in [1.54, 1.807) is 0 Å². The lowest BCUT2D eigenvalue weighted by Gasteiger charge is -2.39. The lowest BCUT2D eigenvalue weighted by atomic mass is 9.95. The number of amides is 2. The first kappa shape index (κ1) is 26.6. The minimum atomic E-state index is -0.603. The third-order valence-electron chi connectivity index (χ3n) is 7.58. The summed E-state index contributed by atoms with van der Waals surface area (Å²) < 4.78 is 13.3. The van der Waals surface area contributed by atoms with E-state index in [0.29, 0.717) is 23.2 Å². The van der Waals surface area contributed by atoms with E-state index in [1.807, 2.05) is 44.2 Å². The van der Waals surface area contributed by atoms with Gasteiger partial charge in [-0.3, -0.25) is 10.2 Å². The summed E-state index contributed by atoms with van der Waals surface area (Å²) in [6, 6.07) is 4.26. The molecule has 2 aliphatic heterocycles. The number of hydrogen-bond donors (Lipinski definition) is 2. The third kappa shape index (κ3) is 5.52. The maximum Gasteiger partial charge on any atom is 0.341 e. The fourth-order valence-electron chi connectivity index (χ4n) is 5.60. The lowest BCUT2D eigenvalue weighted by Crippen LogP contribution is -2.50. The van der Waals surface area contributed by atoms with Gasteiger partial charge in [0.05, 0.1) is 24.8 Å². The standard InChI is InChI=1S/C29H36N4O4S2/c1-29(2,3)37-27(34)24-20-8-4-5-9-22(20)38-25(24)31-28(35)30-14-21-19-10-13-33(18-16-36-17-18)15-23(19)39-26(21)32-11-6-7-12-32/h6-7,11-12,18H,4-5,8-10,13-17H2,1-3H3,(H2,30,31,35). The van der Waals surface area contributed by atoms with Crippen molar-refractivity contribution in [3.8, 4) is 5.00 Å². The van der Waals surface area contributed by atoms with Crippen molar-refractivity contribution in [3.05, 3.63) is 56.5 Å². The van der Waals surface area contributed by atoms with Gasteiger partial charge >= 0.3 is 12.0 Å². The van der Waals surface area contributed by atoms with Gasteiger partial charge in [-0.25, -0.2) is 9.59 Å². The zero-order chi connectivity index (χ0) is 27.1. The van der Waals surface area contributed by atoms with Crippen LogP contribution in [0.2, 0.25) is 0 Å². The van der Waals surface area contributed by atoms with Gasteiger partial charge in [0, 0.05) is 47.3 Å². The van der Waals surface area contributed by atoms with E-state index in [9.17, 15) is 9.59 Å². The monoisotopic (exact) mass is 568 g/mol. The molecule has 1 fully saturated rings. The van der Waals surface area contributed by atoms with Crippen molar-refractivity contribution in [2.45, 2.75) is 77.6 Å². The Morgan fingerprint density at radius 3 is 2.54 bits per heavy atom. The fourth-order valence-corrected chi connectivity index (χ4v) is 8.23. The largest absolute Gasteiger partial charge is 0.456 e. The van der Waals surface area contributed by atoms with Crippen molar-refractivity contribution in [2.75, 3.05) is 25.1 Å². The summed E-state index contributed by atoms with van der Waals surface area (Å²) in [4.78, 5) is 31.5. The SMILES string of the molecule is CC(C)(C)OC(=O)c1c(NC(=O)NCc2c(-n3cccc3)sc3c2CCN(C2COC2)C3)sc2c1CCCC2. The Kier molecular flexibility index (Phi) is 7.30. The number of anilines is 1. The third-order valence-corrected chi connectivity index (χ3v) is 10.1. The quantitative estimate of drug-likeness (QED) is 0.383. The van der Waals surface area contributed by atoms with E-state index in [4.69, 9.17) is 9.47 Å². The number of thiophene rings is 2. The van der Waals surface area contributed by atoms with Crippen molar-refractivity contribution in [3.63, 3.8) is 0 Å². The number of nitrogens with zero attached hydrogens (tertiary/aromatic N) is 2. The molecule has 208 valence electrons. The molecule has 3 aliphatic rings. The van der Waals surface area contributed by atoms with E-state index in [0.717, 1.165) is 69.0 Å². The Labute approximate surface area is 237 Å². The van der Waals surface area contributed by atoms with E-state index in [2.05, 4.69) is 32.5 Å². The molecule has 10 heteroatoms. The second-order valence-corrected chi connectivity index (χ2v) is 13.7. The van der Waals surface area contributed by atoms with Gasteiger partial charge in [0.15, 0.2) is 0 Å². The van der Waals surface area contributed by atoms with Crippen LogP contribution in [0, 0.1) is 0 Å². The Morgan fingerprint density at radius 1 is 1.05 bits per heavy atom. The number of fused-ring (bicyclic) bond motifs is 2. The summed E-state index contributed by atoms with van der Waals surface area (Å²) in [5, 5.41) is 7.85. The minimum absolute atomic E-state index is 0.305. The molecule has 3 aromatic heterocycles. The second kappa shape index (κ2) is 10.7. The average Bonchev–Trinajstić information content (AvgIpc) is 3.57. The van der Waals surface area contributed by atoms with Crippen molar-refractivity contribution in [2.24, 2.45) is 0 Å². The average molecular weight is 569 g/mol. The zero-order valence-corrected chi connectivity index (χ0v) is 24.4. The molecular formula is C29H36N4O4S2. The molecular weight excluding hydrogens is 532 g/mol. The van der Waals surface area contributed by atoms with Crippen LogP contribution in [-0.4, -0.2) is 52.9 Å². The predicted molar refractivity (Wildman–Crippen MR) is 154 cm³/mol. The van der Waals surface area contributed by atoms with Gasteiger partial charge in [0.1, 0.15) is 15.6 Å². The highest BCUT2D eigenvalue weighted by molar-refractivity contribution is 7.17. The molecule has 0 unspecified atom stereocenters. The summed E-state index contributed by atoms with van der Waals surface area (Å²) >= 11 is 3.32. The molecule has 0 aromatic carbocycles. The Balaban J connectivity index is 1.21. The van der Waals surface area contributed by atoms with Gasteiger partial charge in [0.2, 0.25) is 0 Å². The number of aromatic nitrogens is 1. The van der Waals surface area contributed by atoms with Crippen molar-refractivity contribution < 1.29 is 19.1 Å². The number of aryl methyl sites for hydroxylation is 1. The smallest absolute Gasteiger partial charge is 0.341 e. The molecule has 39 heavy (non-hydrogen) atoms. The fraction of sp³-hybridized carbons (Fsp3) is 0.517. The first-order chi connectivity index (χ1) is 18.8. The molecule has 2 N–H and O–H groups in total. The maximum absolute atomic E-state index is 13.2. The molecule has 1 saturated heterocycles. The first-order valence-corrected chi connectivity index (χ1v) is 15.4. The Bertz CT molecular complexity index is 1360. The number of carbonyl (C=O) groups is 2. The second-order valence-electron chi connectivity index (χ2n) is 11.5. The van der Waals surface area contributed by atoms with Gasteiger partial charge in [-0.15, -0.1) is 22.7 Å². The number of carbonyl (C=O) groups excluding carboxylic acids is 2. The van der Waals surface area contributed by atoms with E-state index in [-0.39, 0.29) is 12.0 Å². The maximum atomic E-state index is 13.2. The predicted octanol–water partition coefficient (Wildman–Crippen LogP) is 5.51. The summed E-state index contributed by atoms with van der Waals surface area (Å²) in [5.41, 5.74) is 3.49. The van der Waals surface area contributed by atoms with Crippen LogP contribution in [0.3, 0.4) is 0 Å². The van der Waals surface area contributed by atoms with Crippen molar-refractivity contribution >= 4 is 39.7 Å². The number of esters is 1. The van der Waals surface area contributed by atoms with E-state index >= 15 is 0 Å². The van der Waals surface area contributed by atoms with Crippen molar-refractivity contribution in [1.82, 2.24) is 14.8 Å². The molecule has 0 atom stereocenters. The van der Waals surface area contributed by atoms with Crippen LogP contribution in [0.5, 0.6) is 0 Å². The van der Waals surface area contributed by atoms with Gasteiger partial charge in [0.25, 0.3) is 0 Å². The van der Waals surface area contributed by atoms with Crippen LogP contribution in [0.1, 0.15) is 70.4 Å². The van der Waals surface area contributed by atoms with Crippen LogP contribution >= 0.6 is 22.7 Å². The zero-order valence-electron chi connectivity index (χ0n) is 22.8. The highest BCUT2D eigenvalue weighted by Gasteiger charge is 2.33. The molecule has 8 nitrogen and oxygen atoms in total. The normalized spacial score (nSPS) is 17.7. The highest BCUT2D eigenvalue weighted by atomic mass is 32.1. The molecule has 2 amide bonds. The van der Waals surface area contributed by atoms with Crippen LogP contribution in [-0.2, 0) is 41.8 Å². The molecule has 3 aromatic rings. The van der Waals surface area contributed by atoms with Gasteiger partial charge in [-0.1, -0.05) is 0 Å². The molecule has 1 aliphatic carbocycles. The van der Waals surface area contributed by atoms with Crippen LogP contribution in [0.15, 0.2) is 24.5 Å². The lowest BCUT2D eigenvalue weighted by molar-refractivity contribution is -0.0691.